The van der Waals surface area contributed by atoms with Crippen LogP contribution in [0.15, 0.2) is 43.2 Å². The number of hydrogen-bond acceptors (Lipinski definition) is 3. The van der Waals surface area contributed by atoms with Crippen LogP contribution in [-0.2, 0) is 16.1 Å². The van der Waals surface area contributed by atoms with Gasteiger partial charge in [0.25, 0.3) is 0 Å². The summed E-state index contributed by atoms with van der Waals surface area (Å²) in [6.07, 6.45) is 4.54. The van der Waals surface area contributed by atoms with Gasteiger partial charge in [-0.1, -0.05) is 18.7 Å². The van der Waals surface area contributed by atoms with Crippen LogP contribution in [0.1, 0.15) is 12.8 Å². The molecule has 3 rings (SSSR count). The summed E-state index contributed by atoms with van der Waals surface area (Å²) in [5.74, 6) is -0.0682. The molecule has 1 saturated heterocycles. The molecule has 6 nitrogen and oxygen atoms in total. The molecule has 2 amide bonds. The van der Waals surface area contributed by atoms with Crippen molar-refractivity contribution in [2.45, 2.75) is 25.4 Å². The average Bonchev–Trinajstić information content (AvgIpc) is 2.98. The molecule has 0 radical (unpaired) electrons. The first-order valence-corrected chi connectivity index (χ1v) is 7.78. The Kier molecular flexibility index (Phi) is 4.41. The van der Waals surface area contributed by atoms with Crippen molar-refractivity contribution in [3.63, 3.8) is 0 Å². The highest BCUT2D eigenvalue weighted by molar-refractivity contribution is 5.87. The van der Waals surface area contributed by atoms with Gasteiger partial charge in [-0.2, -0.15) is 0 Å². The highest BCUT2D eigenvalue weighted by atomic mass is 16.2. The van der Waals surface area contributed by atoms with Crippen molar-refractivity contribution in [3.8, 4) is 0 Å². The number of likely N-dealkylation sites (tertiary alicyclic amines) is 1. The van der Waals surface area contributed by atoms with Crippen molar-refractivity contribution in [1.82, 2.24) is 19.8 Å². The summed E-state index contributed by atoms with van der Waals surface area (Å²) < 4.78 is 1.88. The number of nitrogens with one attached hydrogen (secondary N) is 1. The maximum absolute atomic E-state index is 12.5. The number of fused-ring (bicyclic) bond motifs is 1. The van der Waals surface area contributed by atoms with Gasteiger partial charge in [0.1, 0.15) is 6.54 Å². The van der Waals surface area contributed by atoms with Gasteiger partial charge in [-0.05, 0) is 31.1 Å². The van der Waals surface area contributed by atoms with Gasteiger partial charge >= 0.3 is 0 Å². The minimum atomic E-state index is -0.153. The molecule has 0 atom stereocenters. The van der Waals surface area contributed by atoms with Crippen molar-refractivity contribution >= 4 is 22.8 Å². The minimum absolute atomic E-state index is 0.0849. The summed E-state index contributed by atoms with van der Waals surface area (Å²) >= 11 is 0. The van der Waals surface area contributed by atoms with Crippen molar-refractivity contribution in [1.29, 1.82) is 0 Å². The van der Waals surface area contributed by atoms with Gasteiger partial charge in [0.15, 0.2) is 0 Å². The largest absolute Gasteiger partial charge is 0.350 e. The molecule has 2 aromatic rings. The van der Waals surface area contributed by atoms with Gasteiger partial charge in [0.05, 0.1) is 17.4 Å². The second-order valence-electron chi connectivity index (χ2n) is 5.73. The molecule has 1 aliphatic rings. The predicted octanol–water partition coefficient (Wildman–Crippen LogP) is 1.33. The fourth-order valence-corrected chi connectivity index (χ4v) is 2.92. The Morgan fingerprint density at radius 1 is 1.30 bits per heavy atom. The van der Waals surface area contributed by atoms with Crippen LogP contribution in [0, 0.1) is 0 Å². The number of hydrogen-bond donors (Lipinski definition) is 1. The van der Waals surface area contributed by atoms with E-state index in [4.69, 9.17) is 0 Å². The molecule has 1 aliphatic heterocycles. The molecule has 2 heterocycles. The topological polar surface area (TPSA) is 67.2 Å². The Bertz CT molecular complexity index is 729. The van der Waals surface area contributed by atoms with Gasteiger partial charge in [-0.15, -0.1) is 0 Å². The Hall–Kier alpha value is -2.63. The van der Waals surface area contributed by atoms with E-state index in [0.29, 0.717) is 19.6 Å². The van der Waals surface area contributed by atoms with Crippen LogP contribution in [0.5, 0.6) is 0 Å². The molecule has 1 N–H and O–H groups in total. The molecule has 0 unspecified atom stereocenters. The minimum Gasteiger partial charge on any atom is -0.350 e. The maximum atomic E-state index is 12.5. The van der Waals surface area contributed by atoms with Crippen molar-refractivity contribution < 1.29 is 9.59 Å². The van der Waals surface area contributed by atoms with Crippen molar-refractivity contribution in [2.75, 3.05) is 13.1 Å². The number of aromatic nitrogens is 2. The lowest BCUT2D eigenvalue weighted by atomic mass is 10.0. The second kappa shape index (κ2) is 6.64. The molecule has 0 spiro atoms. The van der Waals surface area contributed by atoms with E-state index in [1.807, 2.05) is 33.7 Å². The van der Waals surface area contributed by atoms with Crippen LogP contribution < -0.4 is 5.32 Å². The molecule has 6 heteroatoms. The van der Waals surface area contributed by atoms with E-state index in [9.17, 15) is 9.59 Å². The number of benzene rings is 1. The third-order valence-corrected chi connectivity index (χ3v) is 4.21. The first-order valence-electron chi connectivity index (χ1n) is 7.78. The molecule has 1 aromatic carbocycles. The molecule has 0 aliphatic carbocycles. The maximum Gasteiger partial charge on any atom is 0.243 e. The normalized spacial score (nSPS) is 15.6. The van der Waals surface area contributed by atoms with Crippen LogP contribution in [0.4, 0.5) is 0 Å². The molecule has 1 fully saturated rings. The predicted molar refractivity (Wildman–Crippen MR) is 87.7 cm³/mol. The smallest absolute Gasteiger partial charge is 0.243 e. The zero-order valence-electron chi connectivity index (χ0n) is 12.9. The Labute approximate surface area is 134 Å². The Morgan fingerprint density at radius 3 is 2.78 bits per heavy atom. The molecular formula is C17H20N4O2. The molecular weight excluding hydrogens is 292 g/mol. The highest BCUT2D eigenvalue weighted by Crippen LogP contribution is 2.14. The van der Waals surface area contributed by atoms with Gasteiger partial charge in [-0.3, -0.25) is 9.59 Å². The fraction of sp³-hybridized carbons (Fsp3) is 0.353. The number of rotatable bonds is 4. The van der Waals surface area contributed by atoms with E-state index in [1.54, 1.807) is 6.33 Å². The van der Waals surface area contributed by atoms with E-state index >= 15 is 0 Å². The molecule has 0 saturated carbocycles. The summed E-state index contributed by atoms with van der Waals surface area (Å²) in [4.78, 5) is 29.9. The number of imidazole rings is 1. The van der Waals surface area contributed by atoms with E-state index in [-0.39, 0.29) is 17.9 Å². The van der Waals surface area contributed by atoms with Gasteiger partial charge in [0, 0.05) is 19.1 Å². The first-order chi connectivity index (χ1) is 11.2. The lowest BCUT2D eigenvalue weighted by Gasteiger charge is -2.32. The first kappa shape index (κ1) is 15.3. The van der Waals surface area contributed by atoms with Crippen LogP contribution in [0.3, 0.4) is 0 Å². The third kappa shape index (κ3) is 3.41. The quantitative estimate of drug-likeness (QED) is 0.866. The van der Waals surface area contributed by atoms with Gasteiger partial charge in [0.2, 0.25) is 11.8 Å². The average molecular weight is 312 g/mol. The summed E-state index contributed by atoms with van der Waals surface area (Å²) in [5, 5.41) is 2.89. The van der Waals surface area contributed by atoms with Crippen molar-refractivity contribution in [3.05, 3.63) is 43.2 Å². The van der Waals surface area contributed by atoms with E-state index in [0.717, 1.165) is 23.9 Å². The number of amides is 2. The zero-order chi connectivity index (χ0) is 16.2. The number of para-hydroxylation sites is 2. The van der Waals surface area contributed by atoms with E-state index in [2.05, 4.69) is 16.9 Å². The standard InChI is InChI=1S/C17H20N4O2/c1-2-16(22)19-13-7-9-20(10-8-13)17(23)11-21-12-18-14-5-3-4-6-15(14)21/h2-6,12-13H,1,7-11H2,(H,19,22). The lowest BCUT2D eigenvalue weighted by molar-refractivity contribution is -0.132. The van der Waals surface area contributed by atoms with E-state index < -0.39 is 0 Å². The summed E-state index contributed by atoms with van der Waals surface area (Å²) in [7, 11) is 0. The van der Waals surface area contributed by atoms with Crippen LogP contribution in [0.25, 0.3) is 11.0 Å². The van der Waals surface area contributed by atoms with Crippen molar-refractivity contribution in [2.24, 2.45) is 0 Å². The molecule has 1 aromatic heterocycles. The van der Waals surface area contributed by atoms with Gasteiger partial charge in [-0.25, -0.2) is 4.98 Å². The van der Waals surface area contributed by atoms with Crippen LogP contribution >= 0.6 is 0 Å². The summed E-state index contributed by atoms with van der Waals surface area (Å²) in [6.45, 7) is 5.07. The molecule has 23 heavy (non-hydrogen) atoms. The van der Waals surface area contributed by atoms with E-state index in [1.165, 1.54) is 6.08 Å². The SMILES string of the molecule is C=CC(=O)NC1CCN(C(=O)Cn2cnc3ccccc32)CC1. The van der Waals surface area contributed by atoms with Gasteiger partial charge < -0.3 is 14.8 Å². The van der Waals surface area contributed by atoms with Crippen LogP contribution in [-0.4, -0.2) is 45.4 Å². The third-order valence-electron chi connectivity index (χ3n) is 4.21. The lowest BCUT2D eigenvalue weighted by Crippen LogP contribution is -2.47. The number of carbonyl (C=O) groups excluding carboxylic acids is 2. The second-order valence-corrected chi connectivity index (χ2v) is 5.73. The zero-order valence-corrected chi connectivity index (χ0v) is 12.9. The highest BCUT2D eigenvalue weighted by Gasteiger charge is 2.23. The Morgan fingerprint density at radius 2 is 2.04 bits per heavy atom. The molecule has 120 valence electrons. The van der Waals surface area contributed by atoms with Crippen LogP contribution in [0.2, 0.25) is 0 Å². The monoisotopic (exact) mass is 312 g/mol. The Balaban J connectivity index is 1.57. The molecule has 0 bridgehead atoms. The number of nitrogens with zero attached hydrogens (tertiary/aromatic N) is 3. The fourth-order valence-electron chi connectivity index (χ4n) is 2.92. The summed E-state index contributed by atoms with van der Waals surface area (Å²) in [6, 6.07) is 7.90. The summed E-state index contributed by atoms with van der Waals surface area (Å²) in [5.41, 5.74) is 1.86. The number of piperidine rings is 1. The number of carbonyl (C=O) groups is 2.